The molecule has 0 aliphatic carbocycles. The summed E-state index contributed by atoms with van der Waals surface area (Å²) in [6.07, 6.45) is 5.07. The summed E-state index contributed by atoms with van der Waals surface area (Å²) >= 11 is 0. The van der Waals surface area contributed by atoms with Crippen LogP contribution in [0.15, 0.2) is 42.5 Å². The van der Waals surface area contributed by atoms with Gasteiger partial charge in [-0.1, -0.05) is 36.4 Å². The minimum atomic E-state index is -0.628. The predicted molar refractivity (Wildman–Crippen MR) is 181 cm³/mol. The number of nitrogens with zero attached hydrogens (tertiary/aromatic N) is 5. The maximum Gasteiger partial charge on any atom is 0.322 e. The molecule has 10 nitrogen and oxygen atoms in total. The number of fused-ring (bicyclic) bond motifs is 1. The minimum absolute atomic E-state index is 0.00490. The van der Waals surface area contributed by atoms with Gasteiger partial charge in [-0.3, -0.25) is 9.69 Å². The van der Waals surface area contributed by atoms with Crippen LogP contribution in [-0.4, -0.2) is 127 Å². The summed E-state index contributed by atoms with van der Waals surface area (Å²) in [6.45, 7) is 11.3. The standard InChI is InChI=1S/C36H51N7O3/c1-26-8-9-28(24-27(26)2)25-33(34(44)41-22-20-40(21-23-41)30-11-15-39(3)16-12-30)38-35(45)42-17-13-31(14-18-42)43-19-10-29-6-4-5-7-32(29)37-36(43)46/h4-9,24,30-31,33H,10-23,25H2,1-3H3,(H,37,46)(H,38,45). The highest BCUT2D eigenvalue weighted by Crippen LogP contribution is 2.25. The first-order chi connectivity index (χ1) is 22.2. The number of para-hydroxylation sites is 1. The van der Waals surface area contributed by atoms with E-state index in [1.165, 1.54) is 24.0 Å². The number of amides is 5. The quantitative estimate of drug-likeness (QED) is 0.509. The van der Waals surface area contributed by atoms with Crippen molar-refractivity contribution in [2.24, 2.45) is 0 Å². The van der Waals surface area contributed by atoms with Crippen LogP contribution in [0.25, 0.3) is 0 Å². The normalized spacial score (nSPS) is 21.4. The highest BCUT2D eigenvalue weighted by Gasteiger charge is 2.35. The molecular formula is C36H51N7O3. The number of hydrogen-bond donors (Lipinski definition) is 2. The van der Waals surface area contributed by atoms with E-state index >= 15 is 0 Å². The Kier molecular flexibility index (Phi) is 10.1. The lowest BCUT2D eigenvalue weighted by molar-refractivity contribution is -0.135. The summed E-state index contributed by atoms with van der Waals surface area (Å²) in [6, 6.07) is 14.1. The number of likely N-dealkylation sites (tertiary alicyclic amines) is 2. The number of carbonyl (C=O) groups is 3. The highest BCUT2D eigenvalue weighted by molar-refractivity contribution is 5.91. The summed E-state index contributed by atoms with van der Waals surface area (Å²) in [5, 5.41) is 6.23. The molecule has 2 aromatic rings. The number of hydrogen-bond acceptors (Lipinski definition) is 5. The molecule has 0 aromatic heterocycles. The van der Waals surface area contributed by atoms with E-state index in [0.717, 1.165) is 49.4 Å². The molecule has 1 unspecified atom stereocenters. The summed E-state index contributed by atoms with van der Waals surface area (Å²) in [5.74, 6) is 0.00490. The molecule has 0 saturated carbocycles. The van der Waals surface area contributed by atoms with Crippen molar-refractivity contribution in [3.8, 4) is 0 Å². The van der Waals surface area contributed by atoms with Crippen LogP contribution in [0.1, 0.15) is 47.9 Å². The van der Waals surface area contributed by atoms with Crippen molar-refractivity contribution in [1.29, 1.82) is 0 Å². The zero-order valence-electron chi connectivity index (χ0n) is 27.8. The van der Waals surface area contributed by atoms with Gasteiger partial charge in [0, 0.05) is 70.0 Å². The molecule has 248 valence electrons. The second kappa shape index (κ2) is 14.4. The Morgan fingerprint density at radius 1 is 0.826 bits per heavy atom. The number of nitrogens with one attached hydrogen (secondary N) is 2. The Morgan fingerprint density at radius 3 is 2.24 bits per heavy atom. The topological polar surface area (TPSA) is 91.5 Å². The lowest BCUT2D eigenvalue weighted by atomic mass is 9.99. The van der Waals surface area contributed by atoms with Gasteiger partial charge in [0.1, 0.15) is 6.04 Å². The van der Waals surface area contributed by atoms with Gasteiger partial charge in [0.2, 0.25) is 5.91 Å². The first kappa shape index (κ1) is 32.3. The van der Waals surface area contributed by atoms with Gasteiger partial charge in [0.05, 0.1) is 0 Å². The van der Waals surface area contributed by atoms with Gasteiger partial charge < -0.3 is 30.2 Å². The van der Waals surface area contributed by atoms with Crippen molar-refractivity contribution in [3.05, 3.63) is 64.7 Å². The summed E-state index contributed by atoms with van der Waals surface area (Å²) < 4.78 is 0. The van der Waals surface area contributed by atoms with Crippen LogP contribution >= 0.6 is 0 Å². The summed E-state index contributed by atoms with van der Waals surface area (Å²) in [4.78, 5) is 51.5. The van der Waals surface area contributed by atoms with Crippen LogP contribution in [0.3, 0.4) is 0 Å². The van der Waals surface area contributed by atoms with Crippen LogP contribution in [-0.2, 0) is 17.6 Å². The fourth-order valence-corrected chi connectivity index (χ4v) is 7.61. The SMILES string of the molecule is Cc1ccc(CC(NC(=O)N2CCC(N3CCc4ccccc4NC3=O)CC2)C(=O)N2CCN(C3CCN(C)CC3)CC2)cc1C. The molecule has 3 fully saturated rings. The number of urea groups is 2. The van der Waals surface area contributed by atoms with Gasteiger partial charge in [-0.05, 0) is 94.4 Å². The fourth-order valence-electron chi connectivity index (χ4n) is 7.61. The number of benzene rings is 2. The Labute approximate surface area is 274 Å². The number of rotatable bonds is 6. The van der Waals surface area contributed by atoms with E-state index in [-0.39, 0.29) is 24.0 Å². The smallest absolute Gasteiger partial charge is 0.322 e. The van der Waals surface area contributed by atoms with E-state index in [0.29, 0.717) is 58.0 Å². The molecule has 5 amide bonds. The van der Waals surface area contributed by atoms with Crippen molar-refractivity contribution < 1.29 is 14.4 Å². The van der Waals surface area contributed by atoms with Crippen molar-refractivity contribution >= 4 is 23.7 Å². The number of piperidine rings is 2. The highest BCUT2D eigenvalue weighted by atomic mass is 16.2. The second-order valence-electron chi connectivity index (χ2n) is 13.8. The molecule has 0 bridgehead atoms. The van der Waals surface area contributed by atoms with E-state index < -0.39 is 6.04 Å². The summed E-state index contributed by atoms with van der Waals surface area (Å²) in [5.41, 5.74) is 5.49. The fraction of sp³-hybridized carbons (Fsp3) is 0.583. The average molecular weight is 630 g/mol. The Balaban J connectivity index is 1.07. The zero-order valence-corrected chi connectivity index (χ0v) is 27.8. The van der Waals surface area contributed by atoms with Crippen LogP contribution in [0.4, 0.5) is 15.3 Å². The van der Waals surface area contributed by atoms with Gasteiger partial charge >= 0.3 is 12.1 Å². The molecule has 0 radical (unpaired) electrons. The van der Waals surface area contributed by atoms with E-state index in [1.807, 2.05) is 32.9 Å². The zero-order chi connectivity index (χ0) is 32.2. The van der Waals surface area contributed by atoms with Crippen molar-refractivity contribution in [2.45, 2.75) is 70.5 Å². The van der Waals surface area contributed by atoms with Crippen LogP contribution in [0.5, 0.6) is 0 Å². The number of carbonyl (C=O) groups excluding carboxylic acids is 3. The first-order valence-electron chi connectivity index (χ1n) is 17.2. The Bertz CT molecular complexity index is 1390. The van der Waals surface area contributed by atoms with E-state index in [9.17, 15) is 14.4 Å². The monoisotopic (exact) mass is 629 g/mol. The van der Waals surface area contributed by atoms with Crippen molar-refractivity contribution in [3.63, 3.8) is 0 Å². The molecule has 3 saturated heterocycles. The van der Waals surface area contributed by atoms with Gasteiger partial charge in [-0.2, -0.15) is 0 Å². The van der Waals surface area contributed by atoms with Crippen molar-refractivity contribution in [2.75, 3.05) is 71.3 Å². The molecule has 2 N–H and O–H groups in total. The third-order valence-electron chi connectivity index (χ3n) is 10.8. The van der Waals surface area contributed by atoms with E-state index in [2.05, 4.69) is 65.6 Å². The largest absolute Gasteiger partial charge is 0.338 e. The number of anilines is 1. The molecule has 10 heteroatoms. The van der Waals surface area contributed by atoms with Gasteiger partial charge in [-0.15, -0.1) is 0 Å². The van der Waals surface area contributed by atoms with Crippen LogP contribution in [0.2, 0.25) is 0 Å². The molecular weight excluding hydrogens is 578 g/mol. The molecule has 4 heterocycles. The molecule has 4 aliphatic heterocycles. The number of aryl methyl sites for hydroxylation is 2. The lowest BCUT2D eigenvalue weighted by Crippen LogP contribution is -2.59. The predicted octanol–water partition coefficient (Wildman–Crippen LogP) is 3.72. The Hall–Kier alpha value is -3.63. The third-order valence-corrected chi connectivity index (χ3v) is 10.8. The minimum Gasteiger partial charge on any atom is -0.338 e. The maximum atomic E-state index is 14.0. The molecule has 1 atom stereocenters. The molecule has 0 spiro atoms. The maximum absolute atomic E-state index is 14.0. The third kappa shape index (κ3) is 7.50. The van der Waals surface area contributed by atoms with Gasteiger partial charge in [-0.25, -0.2) is 9.59 Å². The van der Waals surface area contributed by atoms with Crippen molar-refractivity contribution in [1.82, 2.24) is 29.8 Å². The molecule has 2 aromatic carbocycles. The molecule has 4 aliphatic rings. The first-order valence-corrected chi connectivity index (χ1v) is 17.2. The summed E-state index contributed by atoms with van der Waals surface area (Å²) in [7, 11) is 2.19. The molecule has 46 heavy (non-hydrogen) atoms. The number of piperazine rings is 1. The van der Waals surface area contributed by atoms with E-state index in [4.69, 9.17) is 0 Å². The molecule has 6 rings (SSSR count). The average Bonchev–Trinajstić information content (AvgIpc) is 3.24. The Morgan fingerprint density at radius 2 is 1.52 bits per heavy atom. The van der Waals surface area contributed by atoms with Gasteiger partial charge in [0.25, 0.3) is 0 Å². The van der Waals surface area contributed by atoms with E-state index in [1.54, 1.807) is 0 Å². The van der Waals surface area contributed by atoms with Crippen LogP contribution < -0.4 is 10.6 Å². The second-order valence-corrected chi connectivity index (χ2v) is 13.8. The van der Waals surface area contributed by atoms with Gasteiger partial charge in [0.15, 0.2) is 0 Å². The lowest BCUT2D eigenvalue weighted by Gasteiger charge is -2.43. The van der Waals surface area contributed by atoms with Crippen LogP contribution in [0, 0.1) is 13.8 Å².